The normalized spacial score (nSPS) is 20.2. The molecule has 1 N–H and O–H groups in total. The summed E-state index contributed by atoms with van der Waals surface area (Å²) >= 11 is 0. The molecule has 2 aliphatic rings. The van der Waals surface area contributed by atoms with Crippen molar-refractivity contribution in [3.63, 3.8) is 0 Å². The molecular weight excluding hydrogens is 381 g/mol. The van der Waals surface area contributed by atoms with E-state index in [0.29, 0.717) is 30.2 Å². The van der Waals surface area contributed by atoms with Crippen molar-refractivity contribution in [1.29, 1.82) is 0 Å². The summed E-state index contributed by atoms with van der Waals surface area (Å²) < 4.78 is 19.6. The predicted octanol–water partition coefficient (Wildman–Crippen LogP) is 2.95. The van der Waals surface area contributed by atoms with Crippen LogP contribution in [0.2, 0.25) is 0 Å². The lowest BCUT2D eigenvalue weighted by Gasteiger charge is -2.32. The lowest BCUT2D eigenvalue weighted by molar-refractivity contribution is -0.130. The first-order valence-electron chi connectivity index (χ1n) is 9.77. The fraction of sp³-hybridized carbons (Fsp3) is 0.476. The third-order valence-electron chi connectivity index (χ3n) is 5.57. The van der Waals surface area contributed by atoms with Crippen molar-refractivity contribution >= 4 is 18.3 Å². The summed E-state index contributed by atoms with van der Waals surface area (Å²) in [6.07, 6.45) is 2.03. The Bertz CT molecular complexity index is 791. The van der Waals surface area contributed by atoms with E-state index in [4.69, 9.17) is 4.42 Å². The molecule has 1 amide bonds. The van der Waals surface area contributed by atoms with E-state index in [1.54, 1.807) is 24.3 Å². The van der Waals surface area contributed by atoms with Crippen LogP contribution in [0.4, 0.5) is 4.39 Å². The molecule has 0 aliphatic carbocycles. The molecule has 1 atom stereocenters. The van der Waals surface area contributed by atoms with Crippen molar-refractivity contribution in [1.82, 2.24) is 15.1 Å². The minimum absolute atomic E-state index is 0. The number of halogens is 2. The third-order valence-corrected chi connectivity index (χ3v) is 5.57. The molecule has 1 aromatic carbocycles. The molecule has 3 heterocycles. The zero-order valence-corrected chi connectivity index (χ0v) is 16.7. The van der Waals surface area contributed by atoms with E-state index in [9.17, 15) is 9.18 Å². The summed E-state index contributed by atoms with van der Waals surface area (Å²) in [5.74, 6) is 1.11. The molecule has 1 unspecified atom stereocenters. The summed E-state index contributed by atoms with van der Waals surface area (Å²) in [6.45, 7) is 5.87. The summed E-state index contributed by atoms with van der Waals surface area (Å²) in [6, 6.07) is 10.7. The van der Waals surface area contributed by atoms with E-state index in [1.807, 2.05) is 11.0 Å². The fourth-order valence-electron chi connectivity index (χ4n) is 4.02. The molecule has 0 saturated carbocycles. The van der Waals surface area contributed by atoms with Crippen molar-refractivity contribution in [3.05, 3.63) is 48.0 Å². The van der Waals surface area contributed by atoms with Gasteiger partial charge in [0.15, 0.2) is 0 Å². The maximum Gasteiger partial charge on any atom is 0.223 e. The van der Waals surface area contributed by atoms with Crippen molar-refractivity contribution in [3.8, 4) is 11.3 Å². The van der Waals surface area contributed by atoms with Crippen LogP contribution in [0.5, 0.6) is 0 Å². The first kappa shape index (κ1) is 20.8. The highest BCUT2D eigenvalue weighted by molar-refractivity contribution is 5.85. The van der Waals surface area contributed by atoms with Gasteiger partial charge in [-0.2, -0.15) is 0 Å². The molecule has 4 rings (SSSR count). The lowest BCUT2D eigenvalue weighted by atomic mass is 10.1. The minimum atomic E-state index is -0.300. The largest absolute Gasteiger partial charge is 0.461 e. The zero-order chi connectivity index (χ0) is 18.6. The van der Waals surface area contributed by atoms with Crippen molar-refractivity contribution in [2.75, 3.05) is 39.3 Å². The number of likely N-dealkylation sites (tertiary alicyclic amines) is 1. The number of aryl methyl sites for hydroxylation is 1. The number of hydrogen-bond acceptors (Lipinski definition) is 4. The molecule has 7 heteroatoms. The monoisotopic (exact) mass is 407 g/mol. The first-order chi connectivity index (χ1) is 13.2. The van der Waals surface area contributed by atoms with E-state index in [2.05, 4.69) is 10.2 Å². The Balaban J connectivity index is 0.00000225. The zero-order valence-electron chi connectivity index (χ0n) is 15.9. The second-order valence-corrected chi connectivity index (χ2v) is 7.31. The van der Waals surface area contributed by atoms with E-state index in [1.165, 1.54) is 6.07 Å². The van der Waals surface area contributed by atoms with Crippen molar-refractivity contribution in [2.45, 2.75) is 25.3 Å². The average Bonchev–Trinajstić information content (AvgIpc) is 3.37. The van der Waals surface area contributed by atoms with E-state index in [-0.39, 0.29) is 24.1 Å². The minimum Gasteiger partial charge on any atom is -0.461 e. The topological polar surface area (TPSA) is 48.7 Å². The molecule has 5 nitrogen and oxygen atoms in total. The Morgan fingerprint density at radius 1 is 1.14 bits per heavy atom. The number of benzene rings is 1. The van der Waals surface area contributed by atoms with Gasteiger partial charge in [-0.1, -0.05) is 12.1 Å². The fourth-order valence-corrected chi connectivity index (χ4v) is 4.02. The van der Waals surface area contributed by atoms with E-state index in [0.717, 1.165) is 51.4 Å². The average molecular weight is 408 g/mol. The Labute approximate surface area is 171 Å². The highest BCUT2D eigenvalue weighted by Crippen LogP contribution is 2.25. The van der Waals surface area contributed by atoms with Gasteiger partial charge in [0.05, 0.1) is 5.56 Å². The summed E-state index contributed by atoms with van der Waals surface area (Å²) in [4.78, 5) is 17.0. The van der Waals surface area contributed by atoms with Gasteiger partial charge in [-0.05, 0) is 30.7 Å². The molecule has 0 spiro atoms. The van der Waals surface area contributed by atoms with Gasteiger partial charge in [-0.15, -0.1) is 12.4 Å². The van der Waals surface area contributed by atoms with Crippen LogP contribution in [0.1, 0.15) is 18.6 Å². The first-order valence-corrected chi connectivity index (χ1v) is 9.77. The summed E-state index contributed by atoms with van der Waals surface area (Å²) in [5.41, 5.74) is 0.452. The number of furan rings is 1. The molecule has 2 fully saturated rings. The molecule has 0 radical (unpaired) electrons. The number of carbonyl (C=O) groups excluding carboxylic acids is 1. The highest BCUT2D eigenvalue weighted by atomic mass is 35.5. The number of rotatable bonds is 5. The van der Waals surface area contributed by atoms with Crippen molar-refractivity contribution in [2.24, 2.45) is 0 Å². The SMILES string of the molecule is Cl.O=C(CCc1ccc(-c2ccccc2F)o1)N1CCC(N2CCNCC2)C1. The maximum atomic E-state index is 13.9. The molecule has 28 heavy (non-hydrogen) atoms. The van der Waals surface area contributed by atoms with Crippen LogP contribution in [0.3, 0.4) is 0 Å². The molecule has 2 aromatic rings. The third kappa shape index (κ3) is 4.74. The number of amides is 1. The van der Waals surface area contributed by atoms with Gasteiger partial charge in [0.1, 0.15) is 17.3 Å². The van der Waals surface area contributed by atoms with Crippen LogP contribution >= 0.6 is 12.4 Å². The number of carbonyl (C=O) groups is 1. The Morgan fingerprint density at radius 2 is 1.93 bits per heavy atom. The number of hydrogen-bond donors (Lipinski definition) is 1. The van der Waals surface area contributed by atoms with Crippen LogP contribution < -0.4 is 5.32 Å². The summed E-state index contributed by atoms with van der Waals surface area (Å²) in [5, 5.41) is 3.37. The van der Waals surface area contributed by atoms with Crippen LogP contribution in [-0.4, -0.2) is 61.0 Å². The molecular formula is C21H27ClFN3O2. The van der Waals surface area contributed by atoms with Gasteiger partial charge in [-0.3, -0.25) is 9.69 Å². The quantitative estimate of drug-likeness (QED) is 0.827. The maximum absolute atomic E-state index is 13.9. The van der Waals surface area contributed by atoms with Gasteiger partial charge in [0, 0.05) is 58.2 Å². The molecule has 0 bridgehead atoms. The van der Waals surface area contributed by atoms with Crippen molar-refractivity contribution < 1.29 is 13.6 Å². The number of nitrogens with one attached hydrogen (secondary N) is 1. The van der Waals surface area contributed by atoms with Crippen LogP contribution in [-0.2, 0) is 11.2 Å². The van der Waals surface area contributed by atoms with Gasteiger partial charge >= 0.3 is 0 Å². The van der Waals surface area contributed by atoms with Gasteiger partial charge in [-0.25, -0.2) is 4.39 Å². The number of nitrogens with zero attached hydrogens (tertiary/aromatic N) is 2. The Kier molecular flexibility index (Phi) is 7.10. The summed E-state index contributed by atoms with van der Waals surface area (Å²) in [7, 11) is 0. The highest BCUT2D eigenvalue weighted by Gasteiger charge is 2.30. The van der Waals surface area contributed by atoms with Gasteiger partial charge in [0.2, 0.25) is 5.91 Å². The van der Waals surface area contributed by atoms with Crippen LogP contribution in [0, 0.1) is 5.82 Å². The lowest BCUT2D eigenvalue weighted by Crippen LogP contribution is -2.49. The van der Waals surface area contributed by atoms with E-state index >= 15 is 0 Å². The van der Waals surface area contributed by atoms with Gasteiger partial charge < -0.3 is 14.6 Å². The smallest absolute Gasteiger partial charge is 0.223 e. The Morgan fingerprint density at radius 3 is 2.71 bits per heavy atom. The van der Waals surface area contributed by atoms with E-state index < -0.39 is 0 Å². The molecule has 2 aliphatic heterocycles. The van der Waals surface area contributed by atoms with Crippen LogP contribution in [0.15, 0.2) is 40.8 Å². The predicted molar refractivity (Wildman–Crippen MR) is 109 cm³/mol. The molecule has 2 saturated heterocycles. The van der Waals surface area contributed by atoms with Gasteiger partial charge in [0.25, 0.3) is 0 Å². The molecule has 152 valence electrons. The van der Waals surface area contributed by atoms with Crippen LogP contribution in [0.25, 0.3) is 11.3 Å². The second kappa shape index (κ2) is 9.54. The standard InChI is InChI=1S/C21H26FN3O2.ClH/c22-19-4-2-1-3-18(19)20-7-5-17(27-20)6-8-21(26)25-12-9-16(15-25)24-13-10-23-11-14-24;/h1-5,7,16,23H,6,8-15H2;1H. The second-order valence-electron chi connectivity index (χ2n) is 7.31. The number of piperazine rings is 1. The molecule has 1 aromatic heterocycles. The Hall–Kier alpha value is -1.89.